The molecule has 3 aromatic rings. The van der Waals surface area contributed by atoms with Crippen molar-refractivity contribution < 1.29 is 65.0 Å². The molecule has 0 bridgehead atoms. The second kappa shape index (κ2) is 12.1. The van der Waals surface area contributed by atoms with Crippen LogP contribution in [0.4, 0.5) is 20.3 Å². The largest absolute Gasteiger partial charge is 1.00 e. The maximum Gasteiger partial charge on any atom is 1.00 e. The van der Waals surface area contributed by atoms with Gasteiger partial charge in [0.25, 0.3) is 12.3 Å². The number of hydrogen-bond donors (Lipinski definition) is 3. The third-order valence-electron chi connectivity index (χ3n) is 4.28. The van der Waals surface area contributed by atoms with Gasteiger partial charge in [0.1, 0.15) is 0 Å². The van der Waals surface area contributed by atoms with Crippen molar-refractivity contribution in [2.45, 2.75) is 26.3 Å². The van der Waals surface area contributed by atoms with Crippen LogP contribution in [0.3, 0.4) is 0 Å². The second-order valence-corrected chi connectivity index (χ2v) is 6.72. The van der Waals surface area contributed by atoms with Gasteiger partial charge < -0.3 is 27.1 Å². The van der Waals surface area contributed by atoms with Gasteiger partial charge in [0, 0.05) is 35.5 Å². The fraction of sp³-hybridized carbons (Fsp3) is 0.182. The molecule has 0 saturated heterocycles. The van der Waals surface area contributed by atoms with E-state index < -0.39 is 12.3 Å². The van der Waals surface area contributed by atoms with Crippen LogP contribution in [0.1, 0.15) is 46.4 Å². The number of hydrogen-bond acceptors (Lipinski definition) is 5. The van der Waals surface area contributed by atoms with Crippen molar-refractivity contribution in [3.8, 4) is 0 Å². The summed E-state index contributed by atoms with van der Waals surface area (Å²) in [5, 5.41) is 8.83. The third kappa shape index (κ3) is 7.55. The first-order valence-electron chi connectivity index (χ1n) is 9.25. The van der Waals surface area contributed by atoms with E-state index in [1.807, 2.05) is 26.0 Å². The molecule has 0 aliphatic carbocycles. The normalized spacial score (nSPS) is 11.8. The van der Waals surface area contributed by atoms with Crippen molar-refractivity contribution >= 4 is 17.4 Å². The van der Waals surface area contributed by atoms with Crippen LogP contribution in [-0.2, 0) is 0 Å². The summed E-state index contributed by atoms with van der Waals surface area (Å²) in [5.74, 6) is 0.237. The van der Waals surface area contributed by atoms with E-state index in [0.717, 1.165) is 29.2 Å². The van der Waals surface area contributed by atoms with E-state index in [1.165, 1.54) is 6.20 Å². The number of rotatable bonds is 8. The van der Waals surface area contributed by atoms with Crippen molar-refractivity contribution in [2.75, 3.05) is 10.6 Å². The molecule has 9 heteroatoms. The number of nitrogens with zero attached hydrogens (tertiary/aromatic N) is 2. The van der Waals surface area contributed by atoms with Gasteiger partial charge in [-0.15, -0.1) is 6.20 Å². The number of benzene rings is 1. The van der Waals surface area contributed by atoms with Crippen LogP contribution < -0.4 is 67.3 Å². The summed E-state index contributed by atoms with van der Waals surface area (Å²) in [6.07, 6.45) is 5.97. The number of aromatic nitrogens is 2. The van der Waals surface area contributed by atoms with Crippen molar-refractivity contribution in [3.63, 3.8) is 0 Å². The third-order valence-corrected chi connectivity index (χ3v) is 4.28. The van der Waals surface area contributed by atoms with Gasteiger partial charge in [-0.3, -0.25) is 9.78 Å². The Bertz CT molecular complexity index is 1040. The molecule has 0 radical (unpaired) electrons. The van der Waals surface area contributed by atoms with Crippen molar-refractivity contribution in [3.05, 3.63) is 89.6 Å². The van der Waals surface area contributed by atoms with Gasteiger partial charge in [-0.2, -0.15) is 17.8 Å². The molecule has 6 nitrogen and oxygen atoms in total. The fourth-order valence-corrected chi connectivity index (χ4v) is 2.69. The van der Waals surface area contributed by atoms with E-state index in [2.05, 4.69) is 32.1 Å². The van der Waals surface area contributed by atoms with E-state index in [4.69, 9.17) is 0 Å². The number of pyridine rings is 1. The maximum absolute atomic E-state index is 12.8. The number of anilines is 2. The molecule has 1 amide bonds. The van der Waals surface area contributed by atoms with Gasteiger partial charge in [-0.05, 0) is 30.7 Å². The van der Waals surface area contributed by atoms with Gasteiger partial charge in [0.05, 0.1) is 5.56 Å². The SMILES string of the molecule is Cc1cnc(NC=[C-]NC(C)c2cccc(NC(=O)c3cncc(C(F)F)c3)c2)[cH-]1.[K+]. The molecule has 3 N–H and O–H groups in total. The first-order valence-corrected chi connectivity index (χ1v) is 9.25. The number of amides is 1. The predicted octanol–water partition coefficient (Wildman–Crippen LogP) is 1.73. The zero-order valence-electron chi connectivity index (χ0n) is 17.5. The Balaban J connectivity index is 0.00000341. The van der Waals surface area contributed by atoms with E-state index in [0.29, 0.717) is 5.69 Å². The first kappa shape index (κ1) is 25.2. The standard InChI is InChI=1S/C22H21F2N5O.K/c1-14-8-20(28-11-14)27-7-6-26-15(2)16-4-3-5-19(10-16)29-22(30)18-9-17(21(23)24)12-25-13-18;/h3-5,7-13,15,21,26H,1-2H3,(H,27,28)(H,29,30);/q-2;+1. The summed E-state index contributed by atoms with van der Waals surface area (Å²) >= 11 is 0. The van der Waals surface area contributed by atoms with Crippen LogP contribution in [0.2, 0.25) is 0 Å². The van der Waals surface area contributed by atoms with Gasteiger partial charge in [0.2, 0.25) is 0 Å². The van der Waals surface area contributed by atoms with Crippen LogP contribution in [-0.4, -0.2) is 15.9 Å². The summed E-state index contributed by atoms with van der Waals surface area (Å²) in [6.45, 7) is 3.91. The quantitative estimate of drug-likeness (QED) is 0.278. The molecule has 0 spiro atoms. The number of alkyl halides is 2. The van der Waals surface area contributed by atoms with Crippen molar-refractivity contribution in [1.29, 1.82) is 0 Å². The van der Waals surface area contributed by atoms with Gasteiger partial charge in [0.15, 0.2) is 0 Å². The Labute approximate surface area is 222 Å². The first-order chi connectivity index (χ1) is 14.4. The van der Waals surface area contributed by atoms with Crippen LogP contribution in [0.25, 0.3) is 0 Å². The molecule has 2 heterocycles. The van der Waals surface area contributed by atoms with Crippen molar-refractivity contribution in [1.82, 2.24) is 15.3 Å². The smallest absolute Gasteiger partial charge is 0.560 e. The van der Waals surface area contributed by atoms with E-state index in [-0.39, 0.29) is 68.6 Å². The molecule has 1 aromatic carbocycles. The summed E-state index contributed by atoms with van der Waals surface area (Å²) in [6, 6.07) is 10.2. The molecular formula is C22H21F2KN5O-. The maximum atomic E-state index is 12.8. The zero-order valence-corrected chi connectivity index (χ0v) is 20.6. The van der Waals surface area contributed by atoms with Crippen LogP contribution in [0, 0.1) is 13.1 Å². The average molecular weight is 449 g/mol. The van der Waals surface area contributed by atoms with E-state index >= 15 is 0 Å². The molecule has 2 aromatic heterocycles. The molecule has 31 heavy (non-hydrogen) atoms. The van der Waals surface area contributed by atoms with E-state index in [9.17, 15) is 13.6 Å². The molecule has 0 saturated carbocycles. The van der Waals surface area contributed by atoms with Gasteiger partial charge >= 0.3 is 51.4 Å². The fourth-order valence-electron chi connectivity index (χ4n) is 2.69. The minimum Gasteiger partial charge on any atom is -0.560 e. The molecule has 156 valence electrons. The molecular weight excluding hydrogens is 427 g/mol. The molecule has 1 unspecified atom stereocenters. The number of aryl methyl sites for hydroxylation is 1. The van der Waals surface area contributed by atoms with Gasteiger partial charge in [-0.1, -0.05) is 19.1 Å². The minimum absolute atomic E-state index is 0. The Morgan fingerprint density at radius 3 is 2.71 bits per heavy atom. The Hall–Kier alpha value is -2.04. The molecule has 1 atom stereocenters. The average Bonchev–Trinajstić information content (AvgIpc) is 3.16. The Kier molecular flexibility index (Phi) is 9.85. The number of carbonyl (C=O) groups is 1. The topological polar surface area (TPSA) is 78.9 Å². The summed E-state index contributed by atoms with van der Waals surface area (Å²) in [4.78, 5) is 20.3. The molecule has 0 aliphatic rings. The number of carbonyl (C=O) groups excluding carboxylic acids is 1. The second-order valence-electron chi connectivity index (χ2n) is 6.72. The summed E-state index contributed by atoms with van der Waals surface area (Å²) in [7, 11) is 0. The monoisotopic (exact) mass is 448 g/mol. The van der Waals surface area contributed by atoms with E-state index in [1.54, 1.807) is 30.6 Å². The van der Waals surface area contributed by atoms with Crippen molar-refractivity contribution in [2.24, 2.45) is 0 Å². The van der Waals surface area contributed by atoms with Gasteiger partial charge in [-0.25, -0.2) is 8.78 Å². The predicted molar refractivity (Wildman–Crippen MR) is 111 cm³/mol. The zero-order chi connectivity index (χ0) is 21.5. The summed E-state index contributed by atoms with van der Waals surface area (Å²) in [5.41, 5.74) is 2.31. The Morgan fingerprint density at radius 2 is 2.00 bits per heavy atom. The summed E-state index contributed by atoms with van der Waals surface area (Å²) < 4.78 is 25.6. The molecule has 3 rings (SSSR count). The Morgan fingerprint density at radius 1 is 1.19 bits per heavy atom. The van der Waals surface area contributed by atoms with Crippen LogP contribution in [0.5, 0.6) is 0 Å². The van der Waals surface area contributed by atoms with Crippen LogP contribution >= 0.6 is 0 Å². The molecule has 0 aliphatic heterocycles. The van der Waals surface area contributed by atoms with Crippen LogP contribution in [0.15, 0.2) is 61.2 Å². The minimum atomic E-state index is -2.68. The number of halogens is 2. The number of nitrogens with one attached hydrogen (secondary N) is 3. The molecule has 0 fully saturated rings.